The molecule has 1 aromatic heterocycles. The van der Waals surface area contributed by atoms with E-state index in [1.807, 2.05) is 14.1 Å². The quantitative estimate of drug-likeness (QED) is 0.802. The van der Waals surface area contributed by atoms with Crippen molar-refractivity contribution in [2.45, 2.75) is 24.9 Å². The van der Waals surface area contributed by atoms with E-state index in [0.717, 1.165) is 13.0 Å². The van der Waals surface area contributed by atoms with Crippen LogP contribution in [0, 0.1) is 0 Å². The van der Waals surface area contributed by atoms with E-state index in [4.69, 9.17) is 9.26 Å². The Morgan fingerprint density at radius 2 is 2.29 bits per heavy atom. The van der Waals surface area contributed by atoms with Crippen LogP contribution in [0.3, 0.4) is 0 Å². The molecular weight excluding hydrogens is 222 g/mol. The van der Waals surface area contributed by atoms with Crippen LogP contribution in [-0.2, 0) is 11.2 Å². The highest BCUT2D eigenvalue weighted by atomic mass is 16.5. The molecule has 2 unspecified atom stereocenters. The molecule has 1 aliphatic rings. The van der Waals surface area contributed by atoms with Crippen LogP contribution >= 0.6 is 0 Å². The number of aliphatic hydroxyl groups excluding tert-OH is 1. The molecule has 96 valence electrons. The van der Waals surface area contributed by atoms with E-state index >= 15 is 0 Å². The molecule has 6 heteroatoms. The third kappa shape index (κ3) is 3.24. The van der Waals surface area contributed by atoms with Gasteiger partial charge in [0, 0.05) is 19.6 Å². The van der Waals surface area contributed by atoms with Gasteiger partial charge in [-0.25, -0.2) is 0 Å². The maximum Gasteiger partial charge on any atom is 0.234 e. The highest BCUT2D eigenvalue weighted by Gasteiger charge is 2.30. The second-order valence-corrected chi connectivity index (χ2v) is 4.64. The Hall–Kier alpha value is -0.980. The Morgan fingerprint density at radius 1 is 1.47 bits per heavy atom. The lowest BCUT2D eigenvalue weighted by atomic mass is 9.99. The largest absolute Gasteiger partial charge is 0.392 e. The second kappa shape index (κ2) is 5.57. The normalized spacial score (nSPS) is 25.4. The van der Waals surface area contributed by atoms with Crippen LogP contribution in [0.5, 0.6) is 0 Å². The van der Waals surface area contributed by atoms with Gasteiger partial charge in [0.2, 0.25) is 5.89 Å². The van der Waals surface area contributed by atoms with Gasteiger partial charge in [0.05, 0.1) is 18.6 Å². The zero-order valence-corrected chi connectivity index (χ0v) is 10.3. The SMILES string of the molecule is CN(C)CCc1noc(C2COCCC2O)n1. The van der Waals surface area contributed by atoms with Crippen LogP contribution in [0.2, 0.25) is 0 Å². The molecule has 0 aliphatic carbocycles. The number of likely N-dealkylation sites (N-methyl/N-ethyl adjacent to an activating group) is 1. The summed E-state index contributed by atoms with van der Waals surface area (Å²) in [6.45, 7) is 1.93. The summed E-state index contributed by atoms with van der Waals surface area (Å²) in [6.07, 6.45) is 0.936. The molecule has 6 nitrogen and oxygen atoms in total. The average molecular weight is 241 g/mol. The summed E-state index contributed by atoms with van der Waals surface area (Å²) in [5.41, 5.74) is 0. The maximum atomic E-state index is 9.83. The Morgan fingerprint density at radius 3 is 3.00 bits per heavy atom. The van der Waals surface area contributed by atoms with Crippen LogP contribution in [0.25, 0.3) is 0 Å². The van der Waals surface area contributed by atoms with Crippen molar-refractivity contribution in [3.05, 3.63) is 11.7 Å². The Balaban J connectivity index is 1.97. The van der Waals surface area contributed by atoms with Gasteiger partial charge >= 0.3 is 0 Å². The monoisotopic (exact) mass is 241 g/mol. The van der Waals surface area contributed by atoms with Crippen molar-refractivity contribution >= 4 is 0 Å². The highest BCUT2D eigenvalue weighted by Crippen LogP contribution is 2.24. The molecule has 1 aromatic rings. The number of aromatic nitrogens is 2. The number of hydrogen-bond donors (Lipinski definition) is 1. The first-order valence-electron chi connectivity index (χ1n) is 5.90. The summed E-state index contributed by atoms with van der Waals surface area (Å²) in [6, 6.07) is 0. The van der Waals surface area contributed by atoms with Gasteiger partial charge in [-0.3, -0.25) is 0 Å². The number of nitrogens with zero attached hydrogens (tertiary/aromatic N) is 3. The van der Waals surface area contributed by atoms with Crippen LogP contribution < -0.4 is 0 Å². The lowest BCUT2D eigenvalue weighted by Gasteiger charge is -2.24. The third-order valence-corrected chi connectivity index (χ3v) is 2.90. The molecule has 0 spiro atoms. The number of ether oxygens (including phenoxy) is 1. The molecule has 0 amide bonds. The standard InChI is InChI=1S/C11H19N3O3/c1-14(2)5-3-10-12-11(17-13-10)8-7-16-6-4-9(8)15/h8-9,15H,3-7H2,1-2H3. The summed E-state index contributed by atoms with van der Waals surface area (Å²) >= 11 is 0. The van der Waals surface area contributed by atoms with Crippen LogP contribution in [0.4, 0.5) is 0 Å². The zero-order valence-electron chi connectivity index (χ0n) is 10.3. The maximum absolute atomic E-state index is 9.83. The first-order valence-corrected chi connectivity index (χ1v) is 5.90. The molecule has 1 aliphatic heterocycles. The first-order chi connectivity index (χ1) is 8.16. The van der Waals surface area contributed by atoms with Gasteiger partial charge in [-0.15, -0.1) is 0 Å². The number of rotatable bonds is 4. The van der Waals surface area contributed by atoms with Gasteiger partial charge in [0.25, 0.3) is 0 Å². The van der Waals surface area contributed by atoms with Crippen molar-refractivity contribution in [2.24, 2.45) is 0 Å². The van der Waals surface area contributed by atoms with E-state index < -0.39 is 6.10 Å². The minimum absolute atomic E-state index is 0.177. The fraction of sp³-hybridized carbons (Fsp3) is 0.818. The second-order valence-electron chi connectivity index (χ2n) is 4.64. The first kappa shape index (κ1) is 12.5. The predicted molar refractivity (Wildman–Crippen MR) is 60.7 cm³/mol. The van der Waals surface area contributed by atoms with Gasteiger partial charge in [0.15, 0.2) is 5.82 Å². The van der Waals surface area contributed by atoms with Crippen molar-refractivity contribution in [1.29, 1.82) is 0 Å². The van der Waals surface area contributed by atoms with Crippen molar-refractivity contribution in [1.82, 2.24) is 15.0 Å². The van der Waals surface area contributed by atoms with Crippen molar-refractivity contribution in [2.75, 3.05) is 33.9 Å². The van der Waals surface area contributed by atoms with E-state index in [-0.39, 0.29) is 5.92 Å². The van der Waals surface area contributed by atoms with Gasteiger partial charge in [-0.05, 0) is 20.5 Å². The van der Waals surface area contributed by atoms with Crippen molar-refractivity contribution in [3.8, 4) is 0 Å². The van der Waals surface area contributed by atoms with Crippen LogP contribution in [0.1, 0.15) is 24.1 Å². The van der Waals surface area contributed by atoms with Crippen molar-refractivity contribution < 1.29 is 14.4 Å². The van der Waals surface area contributed by atoms with E-state index in [9.17, 15) is 5.11 Å². The van der Waals surface area contributed by atoms with E-state index in [1.54, 1.807) is 0 Å². The molecule has 0 bridgehead atoms. The molecule has 1 saturated heterocycles. The molecule has 0 radical (unpaired) electrons. The Kier molecular flexibility index (Phi) is 4.09. The molecule has 2 rings (SSSR count). The van der Waals surface area contributed by atoms with Crippen LogP contribution in [-0.4, -0.2) is 60.1 Å². The lowest BCUT2D eigenvalue weighted by Crippen LogP contribution is -2.30. The molecule has 2 heterocycles. The summed E-state index contributed by atoms with van der Waals surface area (Å²) in [4.78, 5) is 6.38. The van der Waals surface area contributed by atoms with E-state index in [1.165, 1.54) is 0 Å². The summed E-state index contributed by atoms with van der Waals surface area (Å²) in [7, 11) is 4.00. The Bertz CT molecular complexity index is 353. The molecule has 0 aromatic carbocycles. The van der Waals surface area contributed by atoms with Gasteiger partial charge < -0.3 is 19.3 Å². The fourth-order valence-electron chi connectivity index (χ4n) is 1.81. The topological polar surface area (TPSA) is 71.6 Å². The molecule has 17 heavy (non-hydrogen) atoms. The van der Waals surface area contributed by atoms with Gasteiger partial charge in [0.1, 0.15) is 0 Å². The molecule has 0 saturated carbocycles. The molecule has 1 N–H and O–H groups in total. The molecule has 1 fully saturated rings. The smallest absolute Gasteiger partial charge is 0.234 e. The number of aliphatic hydroxyl groups is 1. The Labute approximate surface area is 101 Å². The summed E-state index contributed by atoms with van der Waals surface area (Å²) in [5.74, 6) is 1.00. The van der Waals surface area contributed by atoms with E-state index in [0.29, 0.717) is 31.3 Å². The molecule has 2 atom stereocenters. The summed E-state index contributed by atoms with van der Waals surface area (Å²) in [5, 5.41) is 13.8. The summed E-state index contributed by atoms with van der Waals surface area (Å²) < 4.78 is 10.5. The molecular formula is C11H19N3O3. The van der Waals surface area contributed by atoms with Gasteiger partial charge in [-0.2, -0.15) is 4.98 Å². The highest BCUT2D eigenvalue weighted by molar-refractivity contribution is 4.99. The zero-order chi connectivity index (χ0) is 12.3. The minimum atomic E-state index is -0.439. The minimum Gasteiger partial charge on any atom is -0.392 e. The average Bonchev–Trinajstić information content (AvgIpc) is 2.75. The van der Waals surface area contributed by atoms with Crippen molar-refractivity contribution in [3.63, 3.8) is 0 Å². The van der Waals surface area contributed by atoms with Gasteiger partial charge in [-0.1, -0.05) is 5.16 Å². The van der Waals surface area contributed by atoms with Crippen LogP contribution in [0.15, 0.2) is 4.52 Å². The predicted octanol–water partition coefficient (Wildman–Crippen LogP) is 0.0385. The third-order valence-electron chi connectivity index (χ3n) is 2.90. The van der Waals surface area contributed by atoms with E-state index in [2.05, 4.69) is 15.0 Å². The number of hydrogen-bond acceptors (Lipinski definition) is 6. The fourth-order valence-corrected chi connectivity index (χ4v) is 1.81. The lowest BCUT2D eigenvalue weighted by molar-refractivity contribution is -0.0149.